The Balaban J connectivity index is 2.25. The largest absolute Gasteiger partial charge is 0.310 e. The molecule has 0 aliphatic carbocycles. The van der Waals surface area contributed by atoms with Gasteiger partial charge in [-0.25, -0.2) is 0 Å². The average molecular weight is 209 g/mol. The molecule has 1 atom stereocenters. The van der Waals surface area contributed by atoms with Crippen molar-refractivity contribution < 1.29 is 0 Å². The number of hydrogen-bond donors (Lipinski definition) is 2. The first-order chi connectivity index (χ1) is 7.11. The van der Waals surface area contributed by atoms with E-state index >= 15 is 0 Å². The molecule has 0 fully saturated rings. The number of nitrogens with zero attached hydrogens (tertiary/aromatic N) is 1. The Bertz CT molecular complexity index is 278. The van der Waals surface area contributed by atoms with Gasteiger partial charge < -0.3 is 5.32 Å². The molecular formula is C12H23N3. The first-order valence-corrected chi connectivity index (χ1v) is 5.84. The zero-order valence-corrected chi connectivity index (χ0v) is 10.3. The molecule has 15 heavy (non-hydrogen) atoms. The van der Waals surface area contributed by atoms with Gasteiger partial charge in [-0.3, -0.25) is 5.10 Å². The molecule has 0 bridgehead atoms. The lowest BCUT2D eigenvalue weighted by Crippen LogP contribution is -2.20. The summed E-state index contributed by atoms with van der Waals surface area (Å²) < 4.78 is 0. The van der Waals surface area contributed by atoms with Crippen LogP contribution in [0.1, 0.15) is 50.9 Å². The summed E-state index contributed by atoms with van der Waals surface area (Å²) in [5.41, 5.74) is 2.44. The van der Waals surface area contributed by atoms with Gasteiger partial charge in [0.15, 0.2) is 0 Å². The number of hydrogen-bond acceptors (Lipinski definition) is 2. The highest BCUT2D eigenvalue weighted by atomic mass is 15.1. The van der Waals surface area contributed by atoms with Crippen LogP contribution in [0.15, 0.2) is 6.20 Å². The van der Waals surface area contributed by atoms with Gasteiger partial charge in [-0.15, -0.1) is 0 Å². The summed E-state index contributed by atoms with van der Waals surface area (Å²) in [6, 6.07) is 0.399. The van der Waals surface area contributed by atoms with E-state index in [0.29, 0.717) is 6.04 Å². The third-order valence-corrected chi connectivity index (χ3v) is 2.74. The minimum atomic E-state index is 0.399. The Morgan fingerprint density at radius 2 is 2.13 bits per heavy atom. The third-order valence-electron chi connectivity index (χ3n) is 2.74. The molecule has 3 nitrogen and oxygen atoms in total. The van der Waals surface area contributed by atoms with Crippen LogP contribution < -0.4 is 5.32 Å². The van der Waals surface area contributed by atoms with E-state index in [2.05, 4.69) is 43.2 Å². The van der Waals surface area contributed by atoms with Crippen LogP contribution in [-0.2, 0) is 0 Å². The van der Waals surface area contributed by atoms with Crippen LogP contribution in [0.2, 0.25) is 0 Å². The van der Waals surface area contributed by atoms with Gasteiger partial charge in [0.2, 0.25) is 0 Å². The fourth-order valence-corrected chi connectivity index (χ4v) is 1.74. The van der Waals surface area contributed by atoms with Crippen molar-refractivity contribution >= 4 is 0 Å². The molecule has 0 aromatic carbocycles. The highest BCUT2D eigenvalue weighted by molar-refractivity contribution is 5.18. The van der Waals surface area contributed by atoms with Gasteiger partial charge in [0.05, 0.1) is 6.20 Å². The van der Waals surface area contributed by atoms with Gasteiger partial charge in [-0.2, -0.15) is 5.10 Å². The molecule has 0 saturated carbocycles. The number of aromatic amines is 1. The molecular weight excluding hydrogens is 186 g/mol. The van der Waals surface area contributed by atoms with Crippen LogP contribution in [0, 0.1) is 12.8 Å². The van der Waals surface area contributed by atoms with E-state index in [9.17, 15) is 0 Å². The standard InChI is InChI=1S/C12H23N3/c1-9(2)6-5-7-13-10(3)12-8-14-15-11(12)4/h8-10,13H,5-7H2,1-4H3,(H,14,15). The summed E-state index contributed by atoms with van der Waals surface area (Å²) in [4.78, 5) is 0. The van der Waals surface area contributed by atoms with Crippen LogP contribution in [0.25, 0.3) is 0 Å². The number of aromatic nitrogens is 2. The Morgan fingerprint density at radius 1 is 1.40 bits per heavy atom. The molecule has 0 amide bonds. The van der Waals surface area contributed by atoms with Gasteiger partial charge >= 0.3 is 0 Å². The normalized spacial score (nSPS) is 13.4. The second-order valence-electron chi connectivity index (χ2n) is 4.66. The maximum absolute atomic E-state index is 4.03. The molecule has 1 unspecified atom stereocenters. The quantitative estimate of drug-likeness (QED) is 0.707. The topological polar surface area (TPSA) is 40.7 Å². The Kier molecular flexibility index (Phi) is 4.82. The van der Waals surface area contributed by atoms with Crippen molar-refractivity contribution in [1.29, 1.82) is 0 Å². The van der Waals surface area contributed by atoms with E-state index in [4.69, 9.17) is 0 Å². The van der Waals surface area contributed by atoms with Crippen molar-refractivity contribution in [2.75, 3.05) is 6.54 Å². The summed E-state index contributed by atoms with van der Waals surface area (Å²) in [7, 11) is 0. The van der Waals surface area contributed by atoms with E-state index in [-0.39, 0.29) is 0 Å². The summed E-state index contributed by atoms with van der Waals surface area (Å²) in [6.07, 6.45) is 4.46. The molecule has 1 heterocycles. The van der Waals surface area contributed by atoms with E-state index in [1.165, 1.54) is 24.1 Å². The second-order valence-corrected chi connectivity index (χ2v) is 4.66. The van der Waals surface area contributed by atoms with Crippen LogP contribution in [0.4, 0.5) is 0 Å². The molecule has 86 valence electrons. The highest BCUT2D eigenvalue weighted by Crippen LogP contribution is 2.14. The van der Waals surface area contributed by atoms with E-state index in [0.717, 1.165) is 12.5 Å². The first-order valence-electron chi connectivity index (χ1n) is 5.84. The van der Waals surface area contributed by atoms with Crippen molar-refractivity contribution in [3.8, 4) is 0 Å². The van der Waals surface area contributed by atoms with Crippen LogP contribution >= 0.6 is 0 Å². The van der Waals surface area contributed by atoms with E-state index in [1.54, 1.807) is 0 Å². The predicted molar refractivity (Wildman–Crippen MR) is 63.8 cm³/mol. The fourth-order valence-electron chi connectivity index (χ4n) is 1.74. The summed E-state index contributed by atoms with van der Waals surface area (Å²) in [5, 5.41) is 10.5. The number of H-pyrrole nitrogens is 1. The average Bonchev–Trinajstić information content (AvgIpc) is 2.58. The van der Waals surface area contributed by atoms with Crippen molar-refractivity contribution in [3.05, 3.63) is 17.5 Å². The smallest absolute Gasteiger partial charge is 0.0537 e. The molecule has 0 aliphatic heterocycles. The number of nitrogens with one attached hydrogen (secondary N) is 2. The summed E-state index contributed by atoms with van der Waals surface area (Å²) in [5.74, 6) is 0.803. The van der Waals surface area contributed by atoms with Crippen molar-refractivity contribution in [1.82, 2.24) is 15.5 Å². The molecule has 1 aromatic rings. The molecule has 0 aliphatic rings. The second kappa shape index (κ2) is 5.91. The van der Waals surface area contributed by atoms with Crippen molar-refractivity contribution in [3.63, 3.8) is 0 Å². The molecule has 1 rings (SSSR count). The lowest BCUT2D eigenvalue weighted by Gasteiger charge is -2.13. The van der Waals surface area contributed by atoms with Gasteiger partial charge in [0.25, 0.3) is 0 Å². The van der Waals surface area contributed by atoms with E-state index in [1.807, 2.05) is 6.20 Å². The monoisotopic (exact) mass is 209 g/mol. The fraction of sp³-hybridized carbons (Fsp3) is 0.750. The highest BCUT2D eigenvalue weighted by Gasteiger charge is 2.08. The van der Waals surface area contributed by atoms with Gasteiger partial charge in [0.1, 0.15) is 0 Å². The molecule has 0 spiro atoms. The minimum Gasteiger partial charge on any atom is -0.310 e. The maximum Gasteiger partial charge on any atom is 0.0537 e. The maximum atomic E-state index is 4.03. The Hall–Kier alpha value is -0.830. The van der Waals surface area contributed by atoms with Crippen molar-refractivity contribution in [2.45, 2.75) is 46.6 Å². The molecule has 1 aromatic heterocycles. The Morgan fingerprint density at radius 3 is 2.67 bits per heavy atom. The van der Waals surface area contributed by atoms with Crippen LogP contribution in [0.5, 0.6) is 0 Å². The lowest BCUT2D eigenvalue weighted by molar-refractivity contribution is 0.497. The van der Waals surface area contributed by atoms with Gasteiger partial charge in [-0.05, 0) is 39.2 Å². The first kappa shape index (κ1) is 12.2. The lowest BCUT2D eigenvalue weighted by atomic mass is 10.1. The summed E-state index contributed by atoms with van der Waals surface area (Å²) in [6.45, 7) is 9.87. The predicted octanol–water partition coefficient (Wildman–Crippen LogP) is 2.80. The number of aryl methyl sites for hydroxylation is 1. The van der Waals surface area contributed by atoms with Crippen LogP contribution in [-0.4, -0.2) is 16.7 Å². The molecule has 2 N–H and O–H groups in total. The van der Waals surface area contributed by atoms with E-state index < -0.39 is 0 Å². The van der Waals surface area contributed by atoms with Gasteiger partial charge in [0, 0.05) is 17.3 Å². The molecule has 0 saturated heterocycles. The third kappa shape index (κ3) is 4.04. The Labute approximate surface area is 92.7 Å². The van der Waals surface area contributed by atoms with Crippen molar-refractivity contribution in [2.24, 2.45) is 5.92 Å². The van der Waals surface area contributed by atoms with Crippen LogP contribution in [0.3, 0.4) is 0 Å². The van der Waals surface area contributed by atoms with Gasteiger partial charge in [-0.1, -0.05) is 13.8 Å². The zero-order valence-electron chi connectivity index (χ0n) is 10.3. The summed E-state index contributed by atoms with van der Waals surface area (Å²) >= 11 is 0. The minimum absolute atomic E-state index is 0.399. The number of rotatable bonds is 6. The SMILES string of the molecule is Cc1[nH]ncc1C(C)NCCCC(C)C. The molecule has 3 heteroatoms. The molecule has 0 radical (unpaired) electrons. The zero-order chi connectivity index (χ0) is 11.3.